The summed E-state index contributed by atoms with van der Waals surface area (Å²) in [5.41, 5.74) is 5.37. The number of nitrogens with two attached hydrogens (primary N) is 1. The Hall–Kier alpha value is -1.42. The lowest BCUT2D eigenvalue weighted by Gasteiger charge is -2.19. The first kappa shape index (κ1) is 20.9. The Balaban J connectivity index is 2.08. The van der Waals surface area contributed by atoms with Gasteiger partial charge < -0.3 is 15.6 Å². The summed E-state index contributed by atoms with van der Waals surface area (Å²) < 4.78 is 48.6. The Morgan fingerprint density at radius 2 is 2.04 bits per heavy atom. The third kappa shape index (κ3) is 4.85. The summed E-state index contributed by atoms with van der Waals surface area (Å²) in [4.78, 5) is 11.3. The number of aliphatic hydroxyl groups excluding tert-OH is 1. The maximum atomic E-state index is 14.5. The van der Waals surface area contributed by atoms with E-state index in [-0.39, 0.29) is 18.8 Å². The van der Waals surface area contributed by atoms with Crippen LogP contribution in [-0.4, -0.2) is 49.2 Å². The van der Waals surface area contributed by atoms with Crippen LogP contribution in [0.25, 0.3) is 0 Å². The summed E-state index contributed by atoms with van der Waals surface area (Å²) in [6, 6.07) is 2.98. The molecule has 26 heavy (non-hydrogen) atoms. The molecule has 1 aromatic rings. The Morgan fingerprint density at radius 1 is 1.38 bits per heavy atom. The summed E-state index contributed by atoms with van der Waals surface area (Å²) in [5.74, 6) is -0.678. The fraction of sp³-hybridized carbons (Fsp3) is 0.600. The number of hydrogen-bond acceptors (Lipinski definition) is 7. The highest BCUT2D eigenvalue weighted by Crippen LogP contribution is 2.49. The van der Waals surface area contributed by atoms with Crippen molar-refractivity contribution in [2.24, 2.45) is 5.73 Å². The fourth-order valence-electron chi connectivity index (χ4n) is 2.47. The first-order valence-electron chi connectivity index (χ1n) is 8.13. The Kier molecular flexibility index (Phi) is 7.22. The average molecular weight is 393 g/mol. The van der Waals surface area contributed by atoms with E-state index in [4.69, 9.17) is 24.0 Å². The number of nitrogens with zero attached hydrogens (tertiary/aromatic N) is 1. The van der Waals surface area contributed by atoms with Gasteiger partial charge in [-0.25, -0.2) is 8.96 Å². The van der Waals surface area contributed by atoms with Gasteiger partial charge in [0.25, 0.3) is 12.1 Å². The molecule has 146 valence electrons. The van der Waals surface area contributed by atoms with Crippen LogP contribution in [0.1, 0.15) is 30.4 Å². The maximum absolute atomic E-state index is 14.5. The second-order valence-corrected chi connectivity index (χ2v) is 7.15. The molecule has 1 fully saturated rings. The normalized spacial score (nSPS) is 26.2. The number of aromatic nitrogens is 1. The van der Waals surface area contributed by atoms with Gasteiger partial charge in [-0.15, -0.1) is 0 Å². The van der Waals surface area contributed by atoms with Gasteiger partial charge in [-0.05, 0) is 19.9 Å². The van der Waals surface area contributed by atoms with Crippen molar-refractivity contribution in [2.45, 2.75) is 38.5 Å². The molecule has 1 saturated heterocycles. The van der Waals surface area contributed by atoms with Gasteiger partial charge in [0.05, 0.1) is 19.8 Å². The van der Waals surface area contributed by atoms with Crippen molar-refractivity contribution >= 4 is 13.7 Å². The maximum Gasteiger partial charge on any atom is 0.474 e. The minimum Gasteiger partial charge on any atom is -0.387 e. The molecule has 9 nitrogen and oxygen atoms in total. The van der Waals surface area contributed by atoms with Crippen LogP contribution in [0.4, 0.5) is 4.39 Å². The molecular weight excluding hydrogens is 370 g/mol. The van der Waals surface area contributed by atoms with Gasteiger partial charge in [-0.3, -0.25) is 18.4 Å². The summed E-state index contributed by atoms with van der Waals surface area (Å²) in [7, 11) is -3.81. The quantitative estimate of drug-likeness (QED) is 0.472. The zero-order valence-corrected chi connectivity index (χ0v) is 15.4. The highest BCUT2D eigenvalue weighted by Gasteiger charge is 2.50. The van der Waals surface area contributed by atoms with Crippen molar-refractivity contribution < 1.29 is 41.7 Å². The largest absolute Gasteiger partial charge is 0.474 e. The Labute approximate surface area is 150 Å². The van der Waals surface area contributed by atoms with E-state index in [9.17, 15) is 18.9 Å². The number of amides is 1. The van der Waals surface area contributed by atoms with Crippen molar-refractivity contribution in [3.63, 3.8) is 0 Å². The van der Waals surface area contributed by atoms with E-state index in [1.807, 2.05) is 0 Å². The van der Waals surface area contributed by atoms with Crippen molar-refractivity contribution in [3.05, 3.63) is 30.1 Å². The fourth-order valence-corrected chi connectivity index (χ4v) is 3.66. The number of halogens is 1. The molecule has 2 unspecified atom stereocenters. The van der Waals surface area contributed by atoms with Crippen molar-refractivity contribution in [1.82, 2.24) is 0 Å². The molecule has 0 bridgehead atoms. The van der Waals surface area contributed by atoms with Crippen molar-refractivity contribution in [1.29, 1.82) is 0 Å². The number of carbonyl (C=O) groups is 1. The van der Waals surface area contributed by atoms with E-state index in [1.165, 1.54) is 29.1 Å². The molecular formula is C15H23FN2O7P+. The van der Waals surface area contributed by atoms with E-state index in [1.54, 1.807) is 13.8 Å². The van der Waals surface area contributed by atoms with Crippen LogP contribution in [0.3, 0.4) is 0 Å². The number of hydrogen-bond donors (Lipinski definition) is 2. The number of ether oxygens (including phenoxy) is 1. The first-order chi connectivity index (χ1) is 12.3. The standard InChI is InChI=1S/C15H22FN2O7P/c1-3-22-26(21,23-4-2)24-9-11-13(19)12(16)15(25-11)18-7-5-6-10(8-18)14(17)20/h5-8,11-13,15,19H,3-4,9H2,1-2H3,(H-,17,20)/p+1/t11?,12-,13+,15?/m0/s1. The second-order valence-electron chi connectivity index (χ2n) is 5.48. The average Bonchev–Trinajstić information content (AvgIpc) is 2.89. The number of aliphatic hydroxyl groups is 1. The highest BCUT2D eigenvalue weighted by molar-refractivity contribution is 7.48. The van der Waals surface area contributed by atoms with Gasteiger partial charge >= 0.3 is 7.82 Å². The summed E-state index contributed by atoms with van der Waals surface area (Å²) in [6.45, 7) is 3.02. The van der Waals surface area contributed by atoms with Crippen LogP contribution < -0.4 is 10.3 Å². The SMILES string of the molecule is CCOP(=O)(OCC)OCC1OC([n+]2cccc(C(N)=O)c2)[C@@H](F)[C@@H]1O. The number of alkyl halides is 1. The van der Waals surface area contributed by atoms with Crippen LogP contribution >= 0.6 is 7.82 Å². The van der Waals surface area contributed by atoms with Gasteiger partial charge in [0.1, 0.15) is 17.8 Å². The van der Waals surface area contributed by atoms with Crippen LogP contribution in [-0.2, 0) is 22.9 Å². The van der Waals surface area contributed by atoms with Crippen LogP contribution in [0.5, 0.6) is 0 Å². The van der Waals surface area contributed by atoms with Crippen LogP contribution in [0, 0.1) is 0 Å². The molecule has 1 aliphatic rings. The minimum absolute atomic E-state index is 0.0927. The molecule has 1 aliphatic heterocycles. The topological polar surface area (TPSA) is 121 Å². The number of phosphoric acid groups is 1. The first-order valence-corrected chi connectivity index (χ1v) is 9.59. The Bertz CT molecular complexity index is 667. The number of rotatable bonds is 9. The lowest BCUT2D eigenvalue weighted by molar-refractivity contribution is -0.764. The third-order valence-corrected chi connectivity index (χ3v) is 5.28. The zero-order valence-electron chi connectivity index (χ0n) is 14.5. The zero-order chi connectivity index (χ0) is 19.3. The molecule has 2 rings (SSSR count). The predicted octanol–water partition coefficient (Wildman–Crippen LogP) is 0.867. The van der Waals surface area contributed by atoms with Crippen LogP contribution in [0.15, 0.2) is 24.5 Å². The molecule has 1 aromatic heterocycles. The summed E-state index contributed by atoms with van der Waals surface area (Å²) in [6.07, 6.45) is -2.83. The number of primary amides is 1. The molecule has 0 spiro atoms. The van der Waals surface area contributed by atoms with E-state index in [0.717, 1.165) is 0 Å². The predicted molar refractivity (Wildman–Crippen MR) is 86.8 cm³/mol. The van der Waals surface area contributed by atoms with Crippen molar-refractivity contribution in [2.75, 3.05) is 19.8 Å². The van der Waals surface area contributed by atoms with E-state index in [0.29, 0.717) is 0 Å². The molecule has 0 saturated carbocycles. The third-order valence-electron chi connectivity index (χ3n) is 3.67. The Morgan fingerprint density at radius 3 is 2.62 bits per heavy atom. The minimum atomic E-state index is -3.81. The molecule has 11 heteroatoms. The molecule has 0 radical (unpaired) electrons. The molecule has 0 aliphatic carbocycles. The molecule has 1 amide bonds. The van der Waals surface area contributed by atoms with Gasteiger partial charge in [0.15, 0.2) is 12.4 Å². The lowest BCUT2D eigenvalue weighted by atomic mass is 10.1. The van der Waals surface area contributed by atoms with Crippen LogP contribution in [0.2, 0.25) is 0 Å². The number of pyridine rings is 1. The van der Waals surface area contributed by atoms with E-state index < -0.39 is 44.9 Å². The molecule has 3 N–H and O–H groups in total. The smallest absolute Gasteiger partial charge is 0.387 e. The van der Waals surface area contributed by atoms with Gasteiger partial charge in [-0.1, -0.05) is 0 Å². The van der Waals surface area contributed by atoms with E-state index >= 15 is 0 Å². The lowest BCUT2D eigenvalue weighted by Crippen LogP contribution is -2.45. The number of phosphoric ester groups is 1. The molecule has 0 aromatic carbocycles. The van der Waals surface area contributed by atoms with Gasteiger partial charge in [0.2, 0.25) is 6.17 Å². The number of carbonyl (C=O) groups excluding carboxylic acids is 1. The molecule has 4 atom stereocenters. The molecule has 2 heterocycles. The van der Waals surface area contributed by atoms with Gasteiger partial charge in [-0.2, -0.15) is 4.57 Å². The monoisotopic (exact) mass is 393 g/mol. The summed E-state index contributed by atoms with van der Waals surface area (Å²) >= 11 is 0. The highest BCUT2D eigenvalue weighted by atomic mass is 31.2. The second kappa shape index (κ2) is 8.98. The van der Waals surface area contributed by atoms with Crippen molar-refractivity contribution in [3.8, 4) is 0 Å². The summed E-state index contributed by atoms with van der Waals surface area (Å²) in [5, 5.41) is 10.1. The van der Waals surface area contributed by atoms with Gasteiger partial charge in [0, 0.05) is 6.07 Å². The van der Waals surface area contributed by atoms with E-state index in [2.05, 4.69) is 0 Å².